The van der Waals surface area contributed by atoms with E-state index in [1.165, 1.54) is 5.56 Å². The summed E-state index contributed by atoms with van der Waals surface area (Å²) in [5, 5.41) is 10.3. The number of aromatic nitrogens is 1. The Balaban J connectivity index is 1.85. The van der Waals surface area contributed by atoms with Gasteiger partial charge in [-0.15, -0.1) is 0 Å². The van der Waals surface area contributed by atoms with Crippen molar-refractivity contribution in [3.8, 4) is 0 Å². The highest BCUT2D eigenvalue weighted by Crippen LogP contribution is 2.22. The number of ether oxygens (including phenoxy) is 1. The minimum absolute atomic E-state index is 0.326. The minimum atomic E-state index is -0.330. The van der Waals surface area contributed by atoms with Crippen molar-refractivity contribution in [3.05, 3.63) is 30.1 Å². The van der Waals surface area contributed by atoms with Gasteiger partial charge in [0.15, 0.2) is 0 Å². The molecule has 5 heteroatoms. The fourth-order valence-electron chi connectivity index (χ4n) is 2.99. The number of aliphatic hydroxyl groups is 1. The second-order valence-electron chi connectivity index (χ2n) is 5.71. The van der Waals surface area contributed by atoms with Gasteiger partial charge in [0.25, 0.3) is 0 Å². The molecule has 2 rings (SSSR count). The summed E-state index contributed by atoms with van der Waals surface area (Å²) in [7, 11) is 2.08. The standard InChI is InChI=1S/C16H27N3O2/c1-3-16(14-4-6-17-7-5-14)18(2)12-15(20)13-19-8-10-21-11-9-19/h4-7,15-16,20H,3,8-13H2,1-2H3. The van der Waals surface area contributed by atoms with Gasteiger partial charge in [0.2, 0.25) is 0 Å². The molecule has 0 spiro atoms. The van der Waals surface area contributed by atoms with Gasteiger partial charge in [-0.2, -0.15) is 0 Å². The molecule has 0 amide bonds. The molecule has 118 valence electrons. The molecule has 0 radical (unpaired) electrons. The normalized spacial score (nSPS) is 19.6. The lowest BCUT2D eigenvalue weighted by molar-refractivity contribution is 0.00554. The molecule has 1 N–H and O–H groups in total. The first-order valence-electron chi connectivity index (χ1n) is 7.79. The third kappa shape index (κ3) is 5.04. The third-order valence-electron chi connectivity index (χ3n) is 4.08. The van der Waals surface area contributed by atoms with Crippen LogP contribution < -0.4 is 0 Å². The summed E-state index contributed by atoms with van der Waals surface area (Å²) in [5.74, 6) is 0. The van der Waals surface area contributed by atoms with Crippen LogP contribution in [0.3, 0.4) is 0 Å². The number of β-amino-alcohol motifs (C(OH)–C–C–N with tert-alkyl or cyclic N) is 1. The number of hydrogen-bond donors (Lipinski definition) is 1. The molecule has 2 atom stereocenters. The van der Waals surface area contributed by atoms with Crippen molar-refractivity contribution in [2.24, 2.45) is 0 Å². The maximum absolute atomic E-state index is 10.3. The fourth-order valence-corrected chi connectivity index (χ4v) is 2.99. The molecule has 0 saturated carbocycles. The van der Waals surface area contributed by atoms with E-state index in [-0.39, 0.29) is 6.10 Å². The predicted octanol–water partition coefficient (Wildman–Crippen LogP) is 1.16. The number of rotatable bonds is 7. The van der Waals surface area contributed by atoms with Crippen LogP contribution in [-0.4, -0.2) is 72.4 Å². The van der Waals surface area contributed by atoms with Gasteiger partial charge in [-0.3, -0.25) is 14.8 Å². The monoisotopic (exact) mass is 293 g/mol. The van der Waals surface area contributed by atoms with Gasteiger partial charge in [-0.25, -0.2) is 0 Å². The Hall–Kier alpha value is -1.01. The molecule has 2 heterocycles. The van der Waals surface area contributed by atoms with Crippen LogP contribution in [-0.2, 0) is 4.74 Å². The van der Waals surface area contributed by atoms with Crippen molar-refractivity contribution in [1.29, 1.82) is 0 Å². The van der Waals surface area contributed by atoms with Crippen molar-refractivity contribution < 1.29 is 9.84 Å². The topological polar surface area (TPSA) is 48.8 Å². The molecule has 0 bridgehead atoms. The zero-order valence-corrected chi connectivity index (χ0v) is 13.1. The Kier molecular flexibility index (Phi) is 6.57. The number of hydrogen-bond acceptors (Lipinski definition) is 5. The Morgan fingerprint density at radius 3 is 2.62 bits per heavy atom. The second-order valence-corrected chi connectivity index (χ2v) is 5.71. The first-order valence-corrected chi connectivity index (χ1v) is 7.79. The van der Waals surface area contributed by atoms with E-state index in [0.717, 1.165) is 39.3 Å². The summed E-state index contributed by atoms with van der Waals surface area (Å²) in [6, 6.07) is 4.44. The lowest BCUT2D eigenvalue weighted by atomic mass is 10.0. The zero-order chi connectivity index (χ0) is 15.1. The highest BCUT2D eigenvalue weighted by Gasteiger charge is 2.20. The summed E-state index contributed by atoms with van der Waals surface area (Å²) >= 11 is 0. The van der Waals surface area contributed by atoms with Crippen molar-refractivity contribution in [2.75, 3.05) is 46.4 Å². The van der Waals surface area contributed by atoms with E-state index < -0.39 is 0 Å². The van der Waals surface area contributed by atoms with Crippen LogP contribution in [0.15, 0.2) is 24.5 Å². The van der Waals surface area contributed by atoms with Gasteiger partial charge >= 0.3 is 0 Å². The molecule has 21 heavy (non-hydrogen) atoms. The molecule has 0 aromatic carbocycles. The van der Waals surface area contributed by atoms with Crippen LogP contribution in [0.4, 0.5) is 0 Å². The number of morpholine rings is 1. The lowest BCUT2D eigenvalue weighted by Crippen LogP contribution is -2.44. The van der Waals surface area contributed by atoms with Crippen LogP contribution >= 0.6 is 0 Å². The number of aliphatic hydroxyl groups excluding tert-OH is 1. The summed E-state index contributed by atoms with van der Waals surface area (Å²) in [6.45, 7) is 6.97. The van der Waals surface area contributed by atoms with E-state index in [4.69, 9.17) is 4.74 Å². The highest BCUT2D eigenvalue weighted by molar-refractivity contribution is 5.14. The Labute approximate surface area is 127 Å². The lowest BCUT2D eigenvalue weighted by Gasteiger charge is -2.32. The maximum atomic E-state index is 10.3. The predicted molar refractivity (Wildman–Crippen MR) is 83.2 cm³/mol. The zero-order valence-electron chi connectivity index (χ0n) is 13.1. The van der Waals surface area contributed by atoms with E-state index in [0.29, 0.717) is 12.6 Å². The Bertz CT molecular complexity index is 396. The van der Waals surface area contributed by atoms with Gasteiger partial charge in [0, 0.05) is 44.6 Å². The second kappa shape index (κ2) is 8.44. The smallest absolute Gasteiger partial charge is 0.0793 e. The molecule has 1 aliphatic rings. The summed E-state index contributed by atoms with van der Waals surface area (Å²) < 4.78 is 5.34. The summed E-state index contributed by atoms with van der Waals surface area (Å²) in [4.78, 5) is 8.58. The van der Waals surface area contributed by atoms with E-state index in [9.17, 15) is 5.11 Å². The molecular weight excluding hydrogens is 266 g/mol. The average molecular weight is 293 g/mol. The molecule has 1 aromatic rings. The summed E-state index contributed by atoms with van der Waals surface area (Å²) in [6.07, 6.45) is 4.35. The molecular formula is C16H27N3O2. The molecule has 0 aliphatic carbocycles. The molecule has 1 aromatic heterocycles. The van der Waals surface area contributed by atoms with Crippen LogP contribution in [0, 0.1) is 0 Å². The quantitative estimate of drug-likeness (QED) is 0.817. The molecule has 1 saturated heterocycles. The van der Waals surface area contributed by atoms with Crippen molar-refractivity contribution >= 4 is 0 Å². The van der Waals surface area contributed by atoms with Crippen LogP contribution in [0.2, 0.25) is 0 Å². The van der Waals surface area contributed by atoms with E-state index in [1.54, 1.807) is 0 Å². The van der Waals surface area contributed by atoms with Crippen molar-refractivity contribution in [3.63, 3.8) is 0 Å². The molecule has 1 fully saturated rings. The van der Waals surface area contributed by atoms with Crippen molar-refractivity contribution in [2.45, 2.75) is 25.5 Å². The summed E-state index contributed by atoms with van der Waals surface area (Å²) in [5.41, 5.74) is 1.26. The number of likely N-dealkylation sites (N-methyl/N-ethyl adjacent to an activating group) is 1. The first-order chi connectivity index (χ1) is 10.2. The first kappa shape index (κ1) is 16.4. The Morgan fingerprint density at radius 2 is 2.00 bits per heavy atom. The molecule has 5 nitrogen and oxygen atoms in total. The van der Waals surface area contributed by atoms with E-state index in [2.05, 4.69) is 40.9 Å². The molecule has 2 unspecified atom stereocenters. The van der Waals surface area contributed by atoms with E-state index >= 15 is 0 Å². The van der Waals surface area contributed by atoms with Gasteiger partial charge in [-0.1, -0.05) is 6.92 Å². The largest absolute Gasteiger partial charge is 0.390 e. The van der Waals surface area contributed by atoms with Gasteiger partial charge in [-0.05, 0) is 31.2 Å². The minimum Gasteiger partial charge on any atom is -0.390 e. The van der Waals surface area contributed by atoms with Crippen LogP contribution in [0.25, 0.3) is 0 Å². The van der Waals surface area contributed by atoms with E-state index in [1.807, 2.05) is 12.4 Å². The molecule has 1 aliphatic heterocycles. The van der Waals surface area contributed by atoms with Gasteiger partial charge in [0.05, 0.1) is 19.3 Å². The number of nitrogens with zero attached hydrogens (tertiary/aromatic N) is 3. The van der Waals surface area contributed by atoms with Gasteiger partial charge < -0.3 is 9.84 Å². The van der Waals surface area contributed by atoms with Gasteiger partial charge in [0.1, 0.15) is 0 Å². The van der Waals surface area contributed by atoms with Crippen molar-refractivity contribution in [1.82, 2.24) is 14.8 Å². The number of pyridine rings is 1. The van der Waals surface area contributed by atoms with Crippen LogP contribution in [0.1, 0.15) is 24.9 Å². The third-order valence-corrected chi connectivity index (χ3v) is 4.08. The highest BCUT2D eigenvalue weighted by atomic mass is 16.5. The maximum Gasteiger partial charge on any atom is 0.0793 e. The Morgan fingerprint density at radius 1 is 1.33 bits per heavy atom. The SMILES string of the molecule is CCC(c1ccncc1)N(C)CC(O)CN1CCOCC1. The van der Waals surface area contributed by atoms with Crippen LogP contribution in [0.5, 0.6) is 0 Å². The average Bonchev–Trinajstić information content (AvgIpc) is 2.50. The fraction of sp³-hybridized carbons (Fsp3) is 0.688.